The number of benzene rings is 1. The molecule has 4 fully saturated rings. The number of fused-ring (bicyclic) bond motifs is 1. The van der Waals surface area contributed by atoms with Crippen LogP contribution >= 0.6 is 0 Å². The van der Waals surface area contributed by atoms with Crippen LogP contribution < -0.4 is 9.47 Å². The number of carbonyl (C=O) groups is 2. The highest BCUT2D eigenvalue weighted by Crippen LogP contribution is 2.60. The van der Waals surface area contributed by atoms with Gasteiger partial charge in [0.25, 0.3) is 0 Å². The molecule has 1 aromatic rings. The molecule has 4 saturated carbocycles. The summed E-state index contributed by atoms with van der Waals surface area (Å²) in [6.45, 7) is 1.82. The molecule has 0 spiro atoms. The normalized spacial score (nSPS) is 36.9. The molecular weight excluding hydrogens is 344 g/mol. The number of carbonyl (C=O) groups excluding carboxylic acids is 2. The fourth-order valence-corrected chi connectivity index (χ4v) is 6.28. The summed E-state index contributed by atoms with van der Waals surface area (Å²) in [7, 11) is 0. The summed E-state index contributed by atoms with van der Waals surface area (Å²) in [5.74, 6) is 2.83. The van der Waals surface area contributed by atoms with E-state index in [-0.39, 0.29) is 17.8 Å². The van der Waals surface area contributed by atoms with Crippen molar-refractivity contribution < 1.29 is 23.8 Å². The number of ether oxygens (including phenoxy) is 3. The first-order valence-electron chi connectivity index (χ1n) is 10.2. The lowest BCUT2D eigenvalue weighted by molar-refractivity contribution is -0.170. The SMILES string of the molecule is C[C@H](OC(=O)[C@H]1COc2ccccc2O1)C(=O)C12CC3CC(CC(C3)C1)C2. The zero-order valence-electron chi connectivity index (χ0n) is 15.7. The van der Waals surface area contributed by atoms with Crippen LogP contribution in [-0.2, 0) is 14.3 Å². The van der Waals surface area contributed by atoms with Crippen molar-refractivity contribution >= 4 is 11.8 Å². The smallest absolute Gasteiger partial charge is 0.351 e. The molecule has 4 bridgehead atoms. The number of hydrogen-bond donors (Lipinski definition) is 0. The molecule has 0 aromatic heterocycles. The van der Waals surface area contributed by atoms with Crippen molar-refractivity contribution in [3.8, 4) is 11.5 Å². The van der Waals surface area contributed by atoms with Crippen molar-refractivity contribution in [1.82, 2.24) is 0 Å². The quantitative estimate of drug-likeness (QED) is 0.759. The summed E-state index contributed by atoms with van der Waals surface area (Å²) in [4.78, 5) is 25.8. The molecule has 1 aliphatic heterocycles. The van der Waals surface area contributed by atoms with Crippen LogP contribution in [0.4, 0.5) is 0 Å². The Kier molecular flexibility index (Phi) is 3.95. The Labute approximate surface area is 159 Å². The van der Waals surface area contributed by atoms with Gasteiger partial charge in [0.05, 0.1) is 0 Å². The van der Waals surface area contributed by atoms with Crippen LogP contribution in [0.5, 0.6) is 11.5 Å². The molecule has 5 nitrogen and oxygen atoms in total. The van der Waals surface area contributed by atoms with Crippen LogP contribution in [0.3, 0.4) is 0 Å². The Bertz CT molecular complexity index is 734. The van der Waals surface area contributed by atoms with E-state index < -0.39 is 18.2 Å². The predicted molar refractivity (Wildman–Crippen MR) is 97.5 cm³/mol. The topological polar surface area (TPSA) is 61.8 Å². The van der Waals surface area contributed by atoms with E-state index in [1.165, 1.54) is 19.3 Å². The standard InChI is InChI=1S/C22H26O5/c1-13(20(23)22-9-14-6-15(10-22)8-16(7-14)11-22)26-21(24)19-12-25-17-4-2-3-5-18(17)27-19/h2-5,13-16,19H,6-12H2,1H3/t13-,14?,15?,16?,19+,22?/m0/s1. The third-order valence-electron chi connectivity index (χ3n) is 6.99. The molecule has 1 heterocycles. The molecule has 5 aliphatic rings. The van der Waals surface area contributed by atoms with E-state index in [1.54, 1.807) is 19.1 Å². The van der Waals surface area contributed by atoms with E-state index in [4.69, 9.17) is 14.2 Å². The van der Waals surface area contributed by atoms with E-state index in [9.17, 15) is 9.59 Å². The van der Waals surface area contributed by atoms with Gasteiger partial charge >= 0.3 is 5.97 Å². The van der Waals surface area contributed by atoms with E-state index in [0.29, 0.717) is 29.3 Å². The van der Waals surface area contributed by atoms with E-state index >= 15 is 0 Å². The first-order chi connectivity index (χ1) is 13.0. The van der Waals surface area contributed by atoms with Crippen molar-refractivity contribution in [2.45, 2.75) is 57.7 Å². The third-order valence-corrected chi connectivity index (χ3v) is 6.99. The predicted octanol–water partition coefficient (Wildman–Crippen LogP) is 3.54. The van der Waals surface area contributed by atoms with Gasteiger partial charge in [-0.3, -0.25) is 4.79 Å². The summed E-state index contributed by atoms with van der Waals surface area (Å²) in [6.07, 6.45) is 5.25. The van der Waals surface area contributed by atoms with Crippen molar-refractivity contribution in [1.29, 1.82) is 0 Å². The van der Waals surface area contributed by atoms with Gasteiger partial charge in [-0.25, -0.2) is 4.79 Å². The molecule has 0 radical (unpaired) electrons. The van der Waals surface area contributed by atoms with Gasteiger partial charge in [0.1, 0.15) is 6.61 Å². The van der Waals surface area contributed by atoms with Gasteiger partial charge in [0.15, 0.2) is 23.4 Å². The Balaban J connectivity index is 1.25. The van der Waals surface area contributed by atoms with Crippen LogP contribution in [0.25, 0.3) is 0 Å². The molecular formula is C22H26O5. The van der Waals surface area contributed by atoms with Gasteiger partial charge in [0.2, 0.25) is 6.10 Å². The maximum atomic E-state index is 13.3. The second kappa shape index (κ2) is 6.25. The number of Topliss-reactive ketones (excluding diaryl/α,β-unsaturated/α-hetero) is 1. The molecule has 144 valence electrons. The molecule has 0 unspecified atom stereocenters. The number of ketones is 1. The Morgan fingerprint density at radius 3 is 2.26 bits per heavy atom. The van der Waals surface area contributed by atoms with Crippen LogP contribution in [0.2, 0.25) is 0 Å². The van der Waals surface area contributed by atoms with E-state index in [2.05, 4.69) is 0 Å². The van der Waals surface area contributed by atoms with E-state index in [1.807, 2.05) is 12.1 Å². The van der Waals surface area contributed by atoms with Crippen molar-refractivity contribution in [2.75, 3.05) is 6.61 Å². The summed E-state index contributed by atoms with van der Waals surface area (Å²) in [5, 5.41) is 0. The second-order valence-corrected chi connectivity index (χ2v) is 9.01. The number of hydrogen-bond acceptors (Lipinski definition) is 5. The number of para-hydroxylation sites is 2. The van der Waals surface area contributed by atoms with Crippen molar-refractivity contribution in [3.05, 3.63) is 24.3 Å². The van der Waals surface area contributed by atoms with Gasteiger partial charge < -0.3 is 14.2 Å². The van der Waals surface area contributed by atoms with Crippen LogP contribution in [0.15, 0.2) is 24.3 Å². The number of rotatable bonds is 4. The zero-order valence-corrected chi connectivity index (χ0v) is 15.7. The molecule has 0 N–H and O–H groups in total. The first kappa shape index (κ1) is 17.1. The van der Waals surface area contributed by atoms with Crippen molar-refractivity contribution in [2.24, 2.45) is 23.2 Å². The average Bonchev–Trinajstić information content (AvgIpc) is 2.65. The van der Waals surface area contributed by atoms with Gasteiger partial charge in [0, 0.05) is 5.41 Å². The maximum absolute atomic E-state index is 13.3. The highest BCUT2D eigenvalue weighted by Gasteiger charge is 2.55. The minimum Gasteiger partial charge on any atom is -0.485 e. The average molecular weight is 370 g/mol. The number of esters is 1. The van der Waals surface area contributed by atoms with Crippen LogP contribution in [0.1, 0.15) is 45.4 Å². The van der Waals surface area contributed by atoms with Gasteiger partial charge in [-0.2, -0.15) is 0 Å². The summed E-state index contributed by atoms with van der Waals surface area (Å²) in [6, 6.07) is 7.25. The molecule has 27 heavy (non-hydrogen) atoms. The van der Waals surface area contributed by atoms with E-state index in [0.717, 1.165) is 19.3 Å². The maximum Gasteiger partial charge on any atom is 0.351 e. The summed E-state index contributed by atoms with van der Waals surface area (Å²) in [5.41, 5.74) is -0.259. The molecule has 0 amide bonds. The zero-order chi connectivity index (χ0) is 18.6. The fraction of sp³-hybridized carbons (Fsp3) is 0.636. The first-order valence-corrected chi connectivity index (χ1v) is 10.2. The fourth-order valence-electron chi connectivity index (χ4n) is 6.28. The van der Waals surface area contributed by atoms with Crippen LogP contribution in [0, 0.1) is 23.2 Å². The second-order valence-electron chi connectivity index (χ2n) is 9.01. The molecule has 4 aliphatic carbocycles. The van der Waals surface area contributed by atoms with Crippen molar-refractivity contribution in [3.63, 3.8) is 0 Å². The van der Waals surface area contributed by atoms with Gasteiger partial charge in [-0.1, -0.05) is 12.1 Å². The lowest BCUT2D eigenvalue weighted by Gasteiger charge is -2.56. The Morgan fingerprint density at radius 1 is 1.04 bits per heavy atom. The lowest BCUT2D eigenvalue weighted by Crippen LogP contribution is -2.53. The Hall–Kier alpha value is -2.04. The largest absolute Gasteiger partial charge is 0.485 e. The monoisotopic (exact) mass is 370 g/mol. The van der Waals surface area contributed by atoms with Gasteiger partial charge in [-0.05, 0) is 75.3 Å². The van der Waals surface area contributed by atoms with Gasteiger partial charge in [-0.15, -0.1) is 0 Å². The minimum atomic E-state index is -0.827. The Morgan fingerprint density at radius 2 is 1.63 bits per heavy atom. The molecule has 0 saturated heterocycles. The summed E-state index contributed by atoms with van der Waals surface area (Å²) < 4.78 is 16.9. The summed E-state index contributed by atoms with van der Waals surface area (Å²) >= 11 is 0. The molecule has 6 rings (SSSR count). The lowest BCUT2D eigenvalue weighted by atomic mass is 9.48. The molecule has 5 heteroatoms. The van der Waals surface area contributed by atoms with Crippen LogP contribution in [-0.4, -0.2) is 30.6 Å². The molecule has 2 atom stereocenters. The third kappa shape index (κ3) is 2.91. The highest BCUT2D eigenvalue weighted by molar-refractivity contribution is 5.91. The highest BCUT2D eigenvalue weighted by atomic mass is 16.6. The molecule has 1 aromatic carbocycles. The minimum absolute atomic E-state index is 0.105.